The molecule has 2 heteroatoms. The van der Waals surface area contributed by atoms with Crippen LogP contribution in [0.1, 0.15) is 39.2 Å². The Morgan fingerprint density at radius 3 is 2.60 bits per heavy atom. The molecule has 2 rings (SSSR count). The summed E-state index contributed by atoms with van der Waals surface area (Å²) in [5.74, 6) is 1.22. The van der Waals surface area contributed by atoms with Gasteiger partial charge in [0.15, 0.2) is 0 Å². The van der Waals surface area contributed by atoms with E-state index in [1.807, 2.05) is 0 Å². The van der Waals surface area contributed by atoms with Gasteiger partial charge in [0.2, 0.25) is 0 Å². The maximum atomic E-state index is 3.65. The second-order valence-corrected chi connectivity index (χ2v) is 5.98. The molecule has 1 nitrogen and oxygen atoms in total. The van der Waals surface area contributed by atoms with Gasteiger partial charge in [-0.15, -0.1) is 0 Å². The summed E-state index contributed by atoms with van der Waals surface area (Å²) in [6.45, 7) is 9.19. The monoisotopic (exact) mass is 267 g/mol. The van der Waals surface area contributed by atoms with E-state index < -0.39 is 0 Å². The van der Waals surface area contributed by atoms with Crippen molar-refractivity contribution in [3.8, 4) is 0 Å². The molecule has 0 aromatic heterocycles. The summed E-state index contributed by atoms with van der Waals surface area (Å²) >= 11 is 3.65. The van der Waals surface area contributed by atoms with Gasteiger partial charge in [-0.1, -0.05) is 35.8 Å². The molecule has 1 aliphatic heterocycles. The minimum Gasteiger partial charge on any atom is -0.380 e. The summed E-state index contributed by atoms with van der Waals surface area (Å²) in [5.41, 5.74) is 2.87. The SMILES string of the molecule is CC1c2c(Br)cccc2NC(C)(C)C1C. The Kier molecular flexibility index (Phi) is 2.58. The Balaban J connectivity index is 2.55. The zero-order valence-electron chi connectivity index (χ0n) is 9.76. The van der Waals surface area contributed by atoms with Crippen LogP contribution >= 0.6 is 15.9 Å². The van der Waals surface area contributed by atoms with Crippen LogP contribution in [0, 0.1) is 5.92 Å². The van der Waals surface area contributed by atoms with Crippen LogP contribution in [0.2, 0.25) is 0 Å². The molecule has 0 saturated carbocycles. The Labute approximate surface area is 100 Å². The van der Waals surface area contributed by atoms with E-state index in [9.17, 15) is 0 Å². The minimum absolute atomic E-state index is 0.174. The molecule has 2 atom stereocenters. The number of nitrogens with one attached hydrogen (secondary N) is 1. The van der Waals surface area contributed by atoms with Gasteiger partial charge in [0.25, 0.3) is 0 Å². The Morgan fingerprint density at radius 1 is 1.27 bits per heavy atom. The first-order valence-electron chi connectivity index (χ1n) is 5.50. The molecule has 0 aliphatic carbocycles. The van der Waals surface area contributed by atoms with E-state index in [0.717, 1.165) is 0 Å². The molecule has 0 saturated heterocycles. The van der Waals surface area contributed by atoms with Crippen LogP contribution < -0.4 is 5.32 Å². The number of anilines is 1. The standard InChI is InChI=1S/C13H18BrN/c1-8-9(2)13(3,4)15-11-7-5-6-10(14)12(8)11/h5-9,15H,1-4H3. The fourth-order valence-electron chi connectivity index (χ4n) is 2.44. The average Bonchev–Trinajstić information content (AvgIpc) is 2.13. The first-order chi connectivity index (χ1) is 6.93. The Morgan fingerprint density at radius 2 is 1.93 bits per heavy atom. The second kappa shape index (κ2) is 3.51. The predicted molar refractivity (Wildman–Crippen MR) is 69.4 cm³/mol. The maximum absolute atomic E-state index is 3.65. The van der Waals surface area contributed by atoms with Gasteiger partial charge < -0.3 is 5.32 Å². The summed E-state index contributed by atoms with van der Waals surface area (Å²) in [6.07, 6.45) is 0. The molecule has 15 heavy (non-hydrogen) atoms. The van der Waals surface area contributed by atoms with Crippen molar-refractivity contribution in [2.24, 2.45) is 5.92 Å². The largest absolute Gasteiger partial charge is 0.380 e. The molecule has 1 aliphatic rings. The van der Waals surface area contributed by atoms with Crippen LogP contribution in [0.4, 0.5) is 5.69 Å². The van der Waals surface area contributed by atoms with E-state index in [4.69, 9.17) is 0 Å². The highest BCUT2D eigenvalue weighted by Gasteiger charge is 2.37. The van der Waals surface area contributed by atoms with Crippen LogP contribution in [-0.4, -0.2) is 5.54 Å². The quantitative estimate of drug-likeness (QED) is 0.735. The van der Waals surface area contributed by atoms with Crippen LogP contribution in [0.5, 0.6) is 0 Å². The first kappa shape index (κ1) is 11.0. The Bertz CT molecular complexity index is 384. The third-order valence-electron chi connectivity index (χ3n) is 3.85. The van der Waals surface area contributed by atoms with E-state index >= 15 is 0 Å². The highest BCUT2D eigenvalue weighted by molar-refractivity contribution is 9.10. The predicted octanol–water partition coefficient (Wildman–Crippen LogP) is 4.39. The molecule has 1 heterocycles. The molecule has 1 aromatic rings. The summed E-state index contributed by atoms with van der Waals surface area (Å²) < 4.78 is 1.22. The van der Waals surface area contributed by atoms with Gasteiger partial charge >= 0.3 is 0 Å². The molecule has 1 N–H and O–H groups in total. The van der Waals surface area contributed by atoms with Gasteiger partial charge in [-0.2, -0.15) is 0 Å². The summed E-state index contributed by atoms with van der Waals surface area (Å²) in [7, 11) is 0. The molecule has 0 spiro atoms. The fourth-order valence-corrected chi connectivity index (χ4v) is 3.17. The van der Waals surface area contributed by atoms with Gasteiger partial charge in [-0.3, -0.25) is 0 Å². The first-order valence-corrected chi connectivity index (χ1v) is 6.29. The van der Waals surface area contributed by atoms with E-state index in [-0.39, 0.29) is 5.54 Å². The molecule has 82 valence electrons. The second-order valence-electron chi connectivity index (χ2n) is 5.13. The number of hydrogen-bond acceptors (Lipinski definition) is 1. The van der Waals surface area contributed by atoms with Crippen molar-refractivity contribution in [3.63, 3.8) is 0 Å². The lowest BCUT2D eigenvalue weighted by atomic mass is 9.73. The third kappa shape index (κ3) is 1.69. The molecular weight excluding hydrogens is 250 g/mol. The average molecular weight is 268 g/mol. The number of halogens is 1. The summed E-state index contributed by atoms with van der Waals surface area (Å²) in [6, 6.07) is 6.39. The molecule has 0 amide bonds. The van der Waals surface area contributed by atoms with Crippen molar-refractivity contribution < 1.29 is 0 Å². The summed E-state index contributed by atoms with van der Waals surface area (Å²) in [4.78, 5) is 0. The molecule has 0 bridgehead atoms. The molecule has 2 unspecified atom stereocenters. The van der Waals surface area contributed by atoms with E-state index in [1.165, 1.54) is 15.7 Å². The Hall–Kier alpha value is -0.500. The smallest absolute Gasteiger partial charge is 0.0391 e. The molecule has 0 radical (unpaired) electrons. The van der Waals surface area contributed by atoms with Crippen LogP contribution in [0.3, 0.4) is 0 Å². The highest BCUT2D eigenvalue weighted by atomic mass is 79.9. The van der Waals surface area contributed by atoms with Crippen molar-refractivity contribution in [2.75, 3.05) is 5.32 Å². The van der Waals surface area contributed by atoms with E-state index in [1.54, 1.807) is 0 Å². The fraction of sp³-hybridized carbons (Fsp3) is 0.538. The third-order valence-corrected chi connectivity index (χ3v) is 4.54. The topological polar surface area (TPSA) is 12.0 Å². The van der Waals surface area contributed by atoms with Crippen molar-refractivity contribution >= 4 is 21.6 Å². The number of fused-ring (bicyclic) bond motifs is 1. The number of benzene rings is 1. The number of rotatable bonds is 0. The molecular formula is C13H18BrN. The lowest BCUT2D eigenvalue weighted by Gasteiger charge is -2.44. The van der Waals surface area contributed by atoms with Gasteiger partial charge in [-0.05, 0) is 43.4 Å². The summed E-state index contributed by atoms with van der Waals surface area (Å²) in [5, 5.41) is 3.63. The van der Waals surface area contributed by atoms with Crippen molar-refractivity contribution in [1.29, 1.82) is 0 Å². The minimum atomic E-state index is 0.174. The van der Waals surface area contributed by atoms with Crippen LogP contribution in [-0.2, 0) is 0 Å². The molecule has 1 aromatic carbocycles. The number of hydrogen-bond donors (Lipinski definition) is 1. The van der Waals surface area contributed by atoms with E-state index in [2.05, 4.69) is 67.1 Å². The maximum Gasteiger partial charge on any atom is 0.0391 e. The molecule has 0 fully saturated rings. The highest BCUT2D eigenvalue weighted by Crippen LogP contribution is 2.45. The normalized spacial score (nSPS) is 28.1. The lowest BCUT2D eigenvalue weighted by molar-refractivity contribution is 0.315. The van der Waals surface area contributed by atoms with E-state index in [0.29, 0.717) is 11.8 Å². The van der Waals surface area contributed by atoms with Crippen molar-refractivity contribution in [3.05, 3.63) is 28.2 Å². The lowest BCUT2D eigenvalue weighted by Crippen LogP contribution is -2.44. The van der Waals surface area contributed by atoms with Gasteiger partial charge in [0.05, 0.1) is 0 Å². The van der Waals surface area contributed by atoms with Crippen molar-refractivity contribution in [1.82, 2.24) is 0 Å². The van der Waals surface area contributed by atoms with Crippen LogP contribution in [0.15, 0.2) is 22.7 Å². The zero-order valence-corrected chi connectivity index (χ0v) is 11.4. The van der Waals surface area contributed by atoms with Gasteiger partial charge in [0.1, 0.15) is 0 Å². The van der Waals surface area contributed by atoms with Gasteiger partial charge in [-0.25, -0.2) is 0 Å². The zero-order chi connectivity index (χ0) is 11.2. The van der Waals surface area contributed by atoms with Gasteiger partial charge in [0, 0.05) is 15.7 Å². The van der Waals surface area contributed by atoms with Crippen molar-refractivity contribution in [2.45, 2.75) is 39.2 Å². The van der Waals surface area contributed by atoms with Crippen LogP contribution in [0.25, 0.3) is 0 Å².